The number of benzene rings is 1. The molecule has 1 aromatic rings. The summed E-state index contributed by atoms with van der Waals surface area (Å²) < 4.78 is 0. The van der Waals surface area contributed by atoms with E-state index in [0.29, 0.717) is 12.0 Å². The molecule has 2 heteroatoms. The highest BCUT2D eigenvalue weighted by molar-refractivity contribution is 6.31. The van der Waals surface area contributed by atoms with Gasteiger partial charge in [0.05, 0.1) is 0 Å². The SMILES string of the molecule is CCCCC(CC)C(NCCC)c1ccccc1Cl. The van der Waals surface area contributed by atoms with Gasteiger partial charge in [0.2, 0.25) is 0 Å². The normalized spacial score (nSPS) is 14.3. The Morgan fingerprint density at radius 2 is 1.84 bits per heavy atom. The molecule has 1 rings (SSSR count). The first-order valence-electron chi connectivity index (χ1n) is 7.72. The Hall–Kier alpha value is -0.530. The van der Waals surface area contributed by atoms with E-state index in [2.05, 4.69) is 38.2 Å². The third kappa shape index (κ3) is 5.16. The quantitative estimate of drug-likeness (QED) is 0.621. The van der Waals surface area contributed by atoms with E-state index in [1.807, 2.05) is 12.1 Å². The summed E-state index contributed by atoms with van der Waals surface area (Å²) in [7, 11) is 0. The maximum Gasteiger partial charge on any atom is 0.0453 e. The second kappa shape index (κ2) is 9.39. The molecule has 1 aromatic carbocycles. The minimum absolute atomic E-state index is 0.394. The Kier molecular flexibility index (Phi) is 8.16. The molecule has 0 bridgehead atoms. The summed E-state index contributed by atoms with van der Waals surface area (Å²) >= 11 is 6.39. The predicted molar refractivity (Wildman–Crippen MR) is 85.8 cm³/mol. The lowest BCUT2D eigenvalue weighted by atomic mass is 9.86. The predicted octanol–water partition coefficient (Wildman–Crippen LogP) is 5.60. The summed E-state index contributed by atoms with van der Waals surface area (Å²) in [4.78, 5) is 0. The van der Waals surface area contributed by atoms with Crippen molar-refractivity contribution in [1.29, 1.82) is 0 Å². The Morgan fingerprint density at radius 1 is 1.11 bits per heavy atom. The van der Waals surface area contributed by atoms with E-state index in [1.54, 1.807) is 0 Å². The van der Waals surface area contributed by atoms with E-state index < -0.39 is 0 Å². The smallest absolute Gasteiger partial charge is 0.0453 e. The fraction of sp³-hybridized carbons (Fsp3) is 0.647. The first kappa shape index (κ1) is 16.5. The fourth-order valence-corrected chi connectivity index (χ4v) is 2.88. The van der Waals surface area contributed by atoms with Crippen LogP contribution in [0, 0.1) is 5.92 Å². The lowest BCUT2D eigenvalue weighted by Gasteiger charge is -2.28. The zero-order chi connectivity index (χ0) is 14.1. The molecule has 0 aliphatic rings. The molecule has 108 valence electrons. The fourth-order valence-electron chi connectivity index (χ4n) is 2.63. The third-order valence-corrected chi connectivity index (χ3v) is 4.12. The minimum atomic E-state index is 0.394. The summed E-state index contributed by atoms with van der Waals surface area (Å²) in [5.41, 5.74) is 1.26. The Bertz CT molecular complexity index is 351. The van der Waals surface area contributed by atoms with Crippen LogP contribution in [0.1, 0.15) is 64.5 Å². The van der Waals surface area contributed by atoms with Crippen molar-refractivity contribution in [2.24, 2.45) is 5.92 Å². The zero-order valence-corrected chi connectivity index (χ0v) is 13.3. The number of rotatable bonds is 9. The van der Waals surface area contributed by atoms with Crippen molar-refractivity contribution in [2.75, 3.05) is 6.54 Å². The van der Waals surface area contributed by atoms with E-state index in [0.717, 1.165) is 18.0 Å². The van der Waals surface area contributed by atoms with Crippen molar-refractivity contribution in [3.05, 3.63) is 34.9 Å². The van der Waals surface area contributed by atoms with Crippen LogP contribution in [0.5, 0.6) is 0 Å². The van der Waals surface area contributed by atoms with Gasteiger partial charge in [0.1, 0.15) is 0 Å². The van der Waals surface area contributed by atoms with Gasteiger partial charge < -0.3 is 5.32 Å². The number of unbranched alkanes of at least 4 members (excludes halogenated alkanes) is 1. The summed E-state index contributed by atoms with van der Waals surface area (Å²) in [5.74, 6) is 0.673. The van der Waals surface area contributed by atoms with E-state index in [4.69, 9.17) is 11.6 Å². The number of nitrogens with one attached hydrogen (secondary N) is 1. The Morgan fingerprint density at radius 3 is 2.42 bits per heavy atom. The topological polar surface area (TPSA) is 12.0 Å². The van der Waals surface area contributed by atoms with E-state index in [9.17, 15) is 0 Å². The van der Waals surface area contributed by atoms with Crippen molar-refractivity contribution in [3.8, 4) is 0 Å². The van der Waals surface area contributed by atoms with E-state index >= 15 is 0 Å². The van der Waals surface area contributed by atoms with Gasteiger partial charge >= 0.3 is 0 Å². The molecule has 0 radical (unpaired) electrons. The monoisotopic (exact) mass is 281 g/mol. The van der Waals surface area contributed by atoms with Crippen LogP contribution < -0.4 is 5.32 Å². The molecule has 0 aliphatic heterocycles. The third-order valence-electron chi connectivity index (χ3n) is 3.78. The number of halogens is 1. The molecular formula is C17H28ClN. The second-order valence-corrected chi connectivity index (χ2v) is 5.67. The highest BCUT2D eigenvalue weighted by atomic mass is 35.5. The van der Waals surface area contributed by atoms with Gasteiger partial charge in [-0.2, -0.15) is 0 Å². The molecule has 0 aliphatic carbocycles. The van der Waals surface area contributed by atoms with Gasteiger partial charge in [0.15, 0.2) is 0 Å². The lowest BCUT2D eigenvalue weighted by molar-refractivity contribution is 0.324. The van der Waals surface area contributed by atoms with Crippen molar-refractivity contribution in [1.82, 2.24) is 5.32 Å². The summed E-state index contributed by atoms with van der Waals surface area (Å²) in [6.07, 6.45) is 6.20. The maximum absolute atomic E-state index is 6.39. The van der Waals surface area contributed by atoms with Gasteiger partial charge in [0.25, 0.3) is 0 Å². The van der Waals surface area contributed by atoms with Crippen LogP contribution in [0.2, 0.25) is 5.02 Å². The van der Waals surface area contributed by atoms with Crippen molar-refractivity contribution >= 4 is 11.6 Å². The van der Waals surface area contributed by atoms with Gasteiger partial charge in [-0.3, -0.25) is 0 Å². The van der Waals surface area contributed by atoms with Gasteiger partial charge in [-0.05, 0) is 36.9 Å². The molecule has 2 unspecified atom stereocenters. The molecule has 1 N–H and O–H groups in total. The van der Waals surface area contributed by atoms with Gasteiger partial charge in [-0.15, -0.1) is 0 Å². The summed E-state index contributed by atoms with van der Waals surface area (Å²) in [6, 6.07) is 8.67. The van der Waals surface area contributed by atoms with Gasteiger partial charge in [0, 0.05) is 11.1 Å². The highest BCUT2D eigenvalue weighted by Crippen LogP contribution is 2.33. The van der Waals surface area contributed by atoms with Crippen LogP contribution in [0.15, 0.2) is 24.3 Å². The van der Waals surface area contributed by atoms with Crippen LogP contribution in [0.25, 0.3) is 0 Å². The average Bonchev–Trinajstić information content (AvgIpc) is 2.43. The standard InChI is InChI=1S/C17H28ClN/c1-4-7-10-14(6-3)17(19-13-5-2)15-11-8-9-12-16(15)18/h8-9,11-12,14,17,19H,4-7,10,13H2,1-3H3. The minimum Gasteiger partial charge on any atom is -0.310 e. The van der Waals surface area contributed by atoms with Crippen molar-refractivity contribution in [2.45, 2.75) is 58.9 Å². The second-order valence-electron chi connectivity index (χ2n) is 5.26. The van der Waals surface area contributed by atoms with Crippen molar-refractivity contribution in [3.63, 3.8) is 0 Å². The van der Waals surface area contributed by atoms with E-state index in [1.165, 1.54) is 31.2 Å². The van der Waals surface area contributed by atoms with E-state index in [-0.39, 0.29) is 0 Å². The molecule has 1 nitrogen and oxygen atoms in total. The molecule has 0 saturated heterocycles. The zero-order valence-electron chi connectivity index (χ0n) is 12.6. The molecule has 0 spiro atoms. The summed E-state index contributed by atoms with van der Waals surface area (Å²) in [5, 5.41) is 4.60. The lowest BCUT2D eigenvalue weighted by Crippen LogP contribution is -2.29. The molecular weight excluding hydrogens is 254 g/mol. The van der Waals surface area contributed by atoms with Crippen molar-refractivity contribution < 1.29 is 0 Å². The Labute approximate surface area is 123 Å². The van der Waals surface area contributed by atoms with Gasteiger partial charge in [-0.25, -0.2) is 0 Å². The molecule has 19 heavy (non-hydrogen) atoms. The first-order valence-corrected chi connectivity index (χ1v) is 8.10. The van der Waals surface area contributed by atoms with Crippen LogP contribution in [-0.4, -0.2) is 6.54 Å². The number of hydrogen-bond acceptors (Lipinski definition) is 1. The first-order chi connectivity index (χ1) is 9.24. The Balaban J connectivity index is 2.88. The molecule has 0 heterocycles. The van der Waals surface area contributed by atoms with Crippen LogP contribution in [0.3, 0.4) is 0 Å². The molecule has 0 aromatic heterocycles. The average molecular weight is 282 g/mol. The molecule has 0 saturated carbocycles. The summed E-state index contributed by atoms with van der Waals surface area (Å²) in [6.45, 7) is 7.82. The molecule has 2 atom stereocenters. The van der Waals surface area contributed by atoms with Crippen LogP contribution in [0.4, 0.5) is 0 Å². The largest absolute Gasteiger partial charge is 0.310 e. The van der Waals surface area contributed by atoms with Crippen LogP contribution in [-0.2, 0) is 0 Å². The molecule has 0 fully saturated rings. The number of hydrogen-bond donors (Lipinski definition) is 1. The maximum atomic E-state index is 6.39. The molecule has 0 amide bonds. The van der Waals surface area contributed by atoms with Crippen LogP contribution >= 0.6 is 11.6 Å². The van der Waals surface area contributed by atoms with Gasteiger partial charge in [-0.1, -0.05) is 69.8 Å². The highest BCUT2D eigenvalue weighted by Gasteiger charge is 2.22.